The molecule has 6 atom stereocenters. The van der Waals surface area contributed by atoms with Gasteiger partial charge in [-0.1, -0.05) is 65.5 Å². The van der Waals surface area contributed by atoms with Crippen LogP contribution in [0.3, 0.4) is 0 Å². The van der Waals surface area contributed by atoms with E-state index < -0.39 is 0 Å². The molecule has 4 heteroatoms. The van der Waals surface area contributed by atoms with Crippen LogP contribution in [0, 0.1) is 41.6 Å². The third-order valence-electron chi connectivity index (χ3n) is 8.91. The van der Waals surface area contributed by atoms with Crippen molar-refractivity contribution in [3.63, 3.8) is 0 Å². The van der Waals surface area contributed by atoms with Gasteiger partial charge in [0.15, 0.2) is 0 Å². The van der Waals surface area contributed by atoms with Gasteiger partial charge >= 0.3 is 0 Å². The van der Waals surface area contributed by atoms with Gasteiger partial charge in [-0.2, -0.15) is 0 Å². The molecule has 4 unspecified atom stereocenters. The van der Waals surface area contributed by atoms with Crippen molar-refractivity contribution in [3.05, 3.63) is 54.7 Å². The van der Waals surface area contributed by atoms with Crippen molar-refractivity contribution in [2.24, 2.45) is 35.5 Å². The van der Waals surface area contributed by atoms with E-state index in [2.05, 4.69) is 38.7 Å². The van der Waals surface area contributed by atoms with Gasteiger partial charge in [0.2, 0.25) is 0 Å². The second-order valence-corrected chi connectivity index (χ2v) is 10.4. The molecule has 2 N–H and O–H groups in total. The second-order valence-electron chi connectivity index (χ2n) is 10.4. The summed E-state index contributed by atoms with van der Waals surface area (Å²) in [5.41, 5.74) is 2.01. The summed E-state index contributed by atoms with van der Waals surface area (Å²) in [7, 11) is 0. The van der Waals surface area contributed by atoms with Crippen LogP contribution in [0.25, 0.3) is 11.3 Å². The Bertz CT molecular complexity index is 742. The molecule has 35 heavy (non-hydrogen) atoms. The SMILES string of the molecule is CCC(CC)[C@H]1CCC2CC[C@@H](C(CC)CC)C(O)C2C1O.[Ir].[c-]1ccccc1-c1ccccn1. The molecule has 0 spiro atoms. The van der Waals surface area contributed by atoms with E-state index in [1.165, 1.54) is 12.8 Å². The fourth-order valence-corrected chi connectivity index (χ4v) is 6.91. The number of aromatic nitrogens is 1. The van der Waals surface area contributed by atoms with Gasteiger partial charge in [-0.25, -0.2) is 0 Å². The summed E-state index contributed by atoms with van der Waals surface area (Å²) < 4.78 is 0. The molecule has 4 rings (SSSR count). The fourth-order valence-electron chi connectivity index (χ4n) is 6.91. The van der Waals surface area contributed by atoms with E-state index in [1.807, 2.05) is 42.5 Å². The van der Waals surface area contributed by atoms with Crippen LogP contribution < -0.4 is 0 Å². The number of aliphatic hydroxyl groups is 2. The van der Waals surface area contributed by atoms with Gasteiger partial charge in [0.1, 0.15) is 0 Å². The summed E-state index contributed by atoms with van der Waals surface area (Å²) in [5.74, 6) is 2.76. The minimum atomic E-state index is -0.282. The predicted octanol–water partition coefficient (Wildman–Crippen LogP) is 7.18. The Kier molecular flexibility index (Phi) is 13.1. The largest absolute Gasteiger partial charge is 0.392 e. The maximum Gasteiger partial charge on any atom is 0.0626 e. The van der Waals surface area contributed by atoms with Gasteiger partial charge in [-0.15, -0.1) is 35.9 Å². The van der Waals surface area contributed by atoms with Crippen LogP contribution in [0.4, 0.5) is 0 Å². The summed E-state index contributed by atoms with van der Waals surface area (Å²) >= 11 is 0. The van der Waals surface area contributed by atoms with Crippen LogP contribution in [0.5, 0.6) is 0 Å². The monoisotopic (exact) mass is 657 g/mol. The number of hydrogen-bond donors (Lipinski definition) is 2. The van der Waals surface area contributed by atoms with Crippen LogP contribution in [0.15, 0.2) is 48.7 Å². The first-order valence-corrected chi connectivity index (χ1v) is 13.8. The Balaban J connectivity index is 0.000000280. The molecule has 1 heterocycles. The summed E-state index contributed by atoms with van der Waals surface area (Å²) in [6, 6.07) is 16.8. The molecule has 0 bridgehead atoms. The fraction of sp³-hybridized carbons (Fsp3) is 0.645. The minimum absolute atomic E-state index is 0. The first-order chi connectivity index (χ1) is 16.5. The number of aliphatic hydroxyl groups excluding tert-OH is 2. The van der Waals surface area contributed by atoms with Gasteiger partial charge in [0.25, 0.3) is 0 Å². The van der Waals surface area contributed by atoms with Gasteiger partial charge < -0.3 is 15.2 Å². The third kappa shape index (κ3) is 7.48. The molecule has 0 amide bonds. The van der Waals surface area contributed by atoms with Crippen molar-refractivity contribution in [1.29, 1.82) is 0 Å². The quantitative estimate of drug-likeness (QED) is 0.311. The second kappa shape index (κ2) is 15.3. The summed E-state index contributed by atoms with van der Waals surface area (Å²) in [4.78, 5) is 4.22. The summed E-state index contributed by atoms with van der Waals surface area (Å²) in [6.45, 7) is 8.99. The Morgan fingerprint density at radius 3 is 1.77 bits per heavy atom. The molecule has 0 saturated heterocycles. The maximum atomic E-state index is 11.1. The number of fused-ring (bicyclic) bond motifs is 1. The molecule has 2 saturated carbocycles. The molecule has 197 valence electrons. The van der Waals surface area contributed by atoms with Gasteiger partial charge in [0, 0.05) is 32.2 Å². The van der Waals surface area contributed by atoms with Crippen LogP contribution in [0.1, 0.15) is 79.1 Å². The molecule has 2 aromatic rings. The van der Waals surface area contributed by atoms with Crippen molar-refractivity contribution >= 4 is 0 Å². The first-order valence-electron chi connectivity index (χ1n) is 13.8. The van der Waals surface area contributed by atoms with E-state index in [-0.39, 0.29) is 38.2 Å². The summed E-state index contributed by atoms with van der Waals surface area (Å²) in [6.07, 6.45) is 10.6. The number of rotatable bonds is 7. The zero-order valence-corrected chi connectivity index (χ0v) is 24.5. The van der Waals surface area contributed by atoms with E-state index in [0.717, 1.165) is 49.8 Å². The first kappa shape index (κ1) is 30.2. The van der Waals surface area contributed by atoms with Crippen LogP contribution >= 0.6 is 0 Å². The minimum Gasteiger partial charge on any atom is -0.392 e. The van der Waals surface area contributed by atoms with Gasteiger partial charge in [0.05, 0.1) is 12.2 Å². The average molecular weight is 657 g/mol. The molecule has 2 aliphatic rings. The number of benzene rings is 1. The molecular formula is C31H46IrNO2-. The average Bonchev–Trinajstić information content (AvgIpc) is 2.89. The summed E-state index contributed by atoms with van der Waals surface area (Å²) in [5, 5.41) is 22.1. The van der Waals surface area contributed by atoms with E-state index in [1.54, 1.807) is 6.20 Å². The predicted molar refractivity (Wildman–Crippen MR) is 141 cm³/mol. The Morgan fingerprint density at radius 1 is 0.800 bits per heavy atom. The molecule has 3 nitrogen and oxygen atoms in total. The Morgan fingerprint density at radius 2 is 1.34 bits per heavy atom. The van der Waals surface area contributed by atoms with Crippen molar-refractivity contribution in [3.8, 4) is 11.3 Å². The Labute approximate surface area is 227 Å². The van der Waals surface area contributed by atoms with Crippen molar-refractivity contribution in [1.82, 2.24) is 4.98 Å². The smallest absolute Gasteiger partial charge is 0.0626 e. The van der Waals surface area contributed by atoms with Crippen molar-refractivity contribution in [2.75, 3.05) is 0 Å². The topological polar surface area (TPSA) is 53.4 Å². The van der Waals surface area contributed by atoms with E-state index in [0.29, 0.717) is 29.6 Å². The third-order valence-corrected chi connectivity index (χ3v) is 8.91. The molecular weight excluding hydrogens is 611 g/mol. The standard InChI is InChI=1S/C20H38O2.C11H8N.Ir/c1-5-13(6-2)16-11-9-15-10-12-17(14(7-3)8-4)20(22)18(15)19(16)21;1-2-6-10(7-3-1)11-8-4-5-9-12-11;/h13-22H,5-12H2,1-4H3;1-6,8-9H;/q;-1;/t15?,16-,17+,18?,19?,20?;;. The van der Waals surface area contributed by atoms with Crippen LogP contribution in [-0.2, 0) is 20.1 Å². The number of pyridine rings is 1. The molecule has 2 aliphatic carbocycles. The normalized spacial score (nSPS) is 28.0. The van der Waals surface area contributed by atoms with Crippen LogP contribution in [-0.4, -0.2) is 27.4 Å². The van der Waals surface area contributed by atoms with Crippen LogP contribution in [0.2, 0.25) is 0 Å². The van der Waals surface area contributed by atoms with Gasteiger partial charge in [-0.05, 0) is 67.0 Å². The molecule has 1 aromatic carbocycles. The number of nitrogens with zero attached hydrogens (tertiary/aromatic N) is 1. The molecule has 0 aliphatic heterocycles. The molecule has 2 fully saturated rings. The number of hydrogen-bond acceptors (Lipinski definition) is 3. The van der Waals surface area contributed by atoms with Gasteiger partial charge in [-0.3, -0.25) is 0 Å². The maximum absolute atomic E-state index is 11.1. The van der Waals surface area contributed by atoms with E-state index >= 15 is 0 Å². The molecule has 1 aromatic heterocycles. The zero-order valence-electron chi connectivity index (χ0n) is 22.1. The van der Waals surface area contributed by atoms with E-state index in [9.17, 15) is 10.2 Å². The van der Waals surface area contributed by atoms with E-state index in [4.69, 9.17) is 0 Å². The Hall–Kier alpha value is -1.06. The van der Waals surface area contributed by atoms with Crippen molar-refractivity contribution < 1.29 is 30.3 Å². The zero-order chi connectivity index (χ0) is 24.5. The van der Waals surface area contributed by atoms with Crippen molar-refractivity contribution in [2.45, 2.75) is 91.3 Å². The molecule has 1 radical (unpaired) electrons.